The monoisotopic (exact) mass is 234 g/mol. The van der Waals surface area contributed by atoms with E-state index in [-0.39, 0.29) is 5.91 Å². The van der Waals surface area contributed by atoms with Crippen molar-refractivity contribution in [3.8, 4) is 0 Å². The Bertz CT molecular complexity index is 368. The van der Waals surface area contributed by atoms with Crippen LogP contribution in [0.1, 0.15) is 19.8 Å². The molecule has 0 radical (unpaired) electrons. The predicted octanol–water partition coefficient (Wildman–Crippen LogP) is 0.925. The Morgan fingerprint density at radius 2 is 2.24 bits per heavy atom. The molecular formula is C12H18N4O. The van der Waals surface area contributed by atoms with Crippen LogP contribution in [0.25, 0.3) is 0 Å². The highest BCUT2D eigenvalue weighted by atomic mass is 16.2. The predicted molar refractivity (Wildman–Crippen MR) is 65.7 cm³/mol. The third-order valence-corrected chi connectivity index (χ3v) is 2.90. The van der Waals surface area contributed by atoms with Gasteiger partial charge in [-0.1, -0.05) is 6.92 Å². The maximum atomic E-state index is 12.0. The zero-order valence-electron chi connectivity index (χ0n) is 10.2. The van der Waals surface area contributed by atoms with Crippen molar-refractivity contribution < 1.29 is 4.79 Å². The van der Waals surface area contributed by atoms with Crippen LogP contribution < -0.4 is 4.90 Å². The molecular weight excluding hydrogens is 216 g/mol. The van der Waals surface area contributed by atoms with Crippen molar-refractivity contribution in [2.45, 2.75) is 19.8 Å². The van der Waals surface area contributed by atoms with Crippen LogP contribution in [0.2, 0.25) is 0 Å². The van der Waals surface area contributed by atoms with Crippen molar-refractivity contribution in [1.29, 1.82) is 0 Å². The maximum absolute atomic E-state index is 12.0. The van der Waals surface area contributed by atoms with E-state index in [4.69, 9.17) is 0 Å². The van der Waals surface area contributed by atoms with E-state index in [1.54, 1.807) is 18.6 Å². The van der Waals surface area contributed by atoms with Crippen LogP contribution in [0.5, 0.6) is 0 Å². The van der Waals surface area contributed by atoms with Crippen molar-refractivity contribution in [3.63, 3.8) is 0 Å². The van der Waals surface area contributed by atoms with Gasteiger partial charge < -0.3 is 9.80 Å². The molecule has 0 bridgehead atoms. The molecule has 2 heterocycles. The minimum Gasteiger partial charge on any atom is -0.346 e. The van der Waals surface area contributed by atoms with Crippen molar-refractivity contribution >= 4 is 11.7 Å². The Morgan fingerprint density at radius 3 is 2.94 bits per heavy atom. The fraction of sp³-hybridized carbons (Fsp3) is 0.583. The topological polar surface area (TPSA) is 49.3 Å². The summed E-state index contributed by atoms with van der Waals surface area (Å²) in [5.41, 5.74) is 0. The molecule has 0 aromatic carbocycles. The SMILES string of the molecule is CCCN1CCCN(c2cnccn2)CC1=O. The second kappa shape index (κ2) is 5.61. The number of carbonyl (C=O) groups excluding carboxylic acids is 1. The lowest BCUT2D eigenvalue weighted by Crippen LogP contribution is -2.37. The molecule has 0 unspecified atom stereocenters. The molecule has 0 spiro atoms. The third-order valence-electron chi connectivity index (χ3n) is 2.90. The zero-order valence-corrected chi connectivity index (χ0v) is 10.2. The number of hydrogen-bond donors (Lipinski definition) is 0. The van der Waals surface area contributed by atoms with Crippen LogP contribution in [0, 0.1) is 0 Å². The average molecular weight is 234 g/mol. The van der Waals surface area contributed by atoms with E-state index in [9.17, 15) is 4.79 Å². The maximum Gasteiger partial charge on any atom is 0.242 e. The first-order valence-corrected chi connectivity index (χ1v) is 6.10. The van der Waals surface area contributed by atoms with Gasteiger partial charge in [0.25, 0.3) is 0 Å². The summed E-state index contributed by atoms with van der Waals surface area (Å²) >= 11 is 0. The molecule has 1 amide bonds. The summed E-state index contributed by atoms with van der Waals surface area (Å²) in [5, 5.41) is 0. The lowest BCUT2D eigenvalue weighted by molar-refractivity contribution is -0.129. The minimum absolute atomic E-state index is 0.190. The first-order chi connectivity index (χ1) is 8.31. The van der Waals surface area contributed by atoms with Crippen LogP contribution in [-0.4, -0.2) is 47.0 Å². The third kappa shape index (κ3) is 2.93. The quantitative estimate of drug-likeness (QED) is 0.780. The van der Waals surface area contributed by atoms with E-state index < -0.39 is 0 Å². The van der Waals surface area contributed by atoms with Gasteiger partial charge in [0, 0.05) is 32.0 Å². The molecule has 5 nitrogen and oxygen atoms in total. The van der Waals surface area contributed by atoms with E-state index in [2.05, 4.69) is 16.9 Å². The number of carbonyl (C=O) groups is 1. The fourth-order valence-electron chi connectivity index (χ4n) is 2.08. The standard InChI is InChI=1S/C12H18N4O/c1-2-6-15-7-3-8-16(10-12(15)17)11-9-13-4-5-14-11/h4-5,9H,2-3,6-8,10H2,1H3. The van der Waals surface area contributed by atoms with Gasteiger partial charge >= 0.3 is 0 Å². The van der Waals surface area contributed by atoms with Crippen molar-refractivity contribution in [2.24, 2.45) is 0 Å². The van der Waals surface area contributed by atoms with Crippen molar-refractivity contribution in [2.75, 3.05) is 31.1 Å². The Hall–Kier alpha value is -1.65. The molecule has 5 heteroatoms. The smallest absolute Gasteiger partial charge is 0.242 e. The Labute approximate surface area is 101 Å². The molecule has 1 saturated heterocycles. The van der Waals surface area contributed by atoms with Crippen LogP contribution >= 0.6 is 0 Å². The van der Waals surface area contributed by atoms with Gasteiger partial charge in [-0.05, 0) is 12.8 Å². The van der Waals surface area contributed by atoms with E-state index in [0.29, 0.717) is 6.54 Å². The minimum atomic E-state index is 0.190. The molecule has 1 aromatic rings. The van der Waals surface area contributed by atoms with Gasteiger partial charge in [-0.15, -0.1) is 0 Å². The largest absolute Gasteiger partial charge is 0.346 e. The van der Waals surface area contributed by atoms with Crippen molar-refractivity contribution in [3.05, 3.63) is 18.6 Å². The molecule has 1 aliphatic heterocycles. The molecule has 2 rings (SSSR count). The Kier molecular flexibility index (Phi) is 3.90. The summed E-state index contributed by atoms with van der Waals surface area (Å²) in [7, 11) is 0. The summed E-state index contributed by atoms with van der Waals surface area (Å²) in [6.45, 7) is 5.08. The molecule has 0 aliphatic carbocycles. The normalized spacial score (nSPS) is 17.1. The van der Waals surface area contributed by atoms with Crippen LogP contribution in [-0.2, 0) is 4.79 Å². The first kappa shape index (κ1) is 11.8. The Balaban J connectivity index is 2.05. The van der Waals surface area contributed by atoms with Gasteiger partial charge in [0.2, 0.25) is 5.91 Å². The van der Waals surface area contributed by atoms with Gasteiger partial charge in [-0.2, -0.15) is 0 Å². The molecule has 1 aliphatic rings. The lowest BCUT2D eigenvalue weighted by Gasteiger charge is -2.21. The Morgan fingerprint density at radius 1 is 1.35 bits per heavy atom. The summed E-state index contributed by atoms with van der Waals surface area (Å²) < 4.78 is 0. The number of nitrogens with zero attached hydrogens (tertiary/aromatic N) is 4. The van der Waals surface area contributed by atoms with Crippen LogP contribution in [0.3, 0.4) is 0 Å². The summed E-state index contributed by atoms with van der Waals surface area (Å²) in [5.74, 6) is 0.981. The van der Waals surface area contributed by atoms with Crippen LogP contribution in [0.4, 0.5) is 5.82 Å². The van der Waals surface area contributed by atoms with Crippen molar-refractivity contribution in [1.82, 2.24) is 14.9 Å². The van der Waals surface area contributed by atoms with E-state index in [1.807, 2.05) is 9.80 Å². The van der Waals surface area contributed by atoms with Gasteiger partial charge in [0.1, 0.15) is 5.82 Å². The van der Waals surface area contributed by atoms with Gasteiger partial charge in [0.15, 0.2) is 0 Å². The number of hydrogen-bond acceptors (Lipinski definition) is 4. The van der Waals surface area contributed by atoms with E-state index in [1.165, 1.54) is 0 Å². The summed E-state index contributed by atoms with van der Waals surface area (Å²) in [6.07, 6.45) is 7.02. The second-order valence-electron chi connectivity index (χ2n) is 4.22. The molecule has 0 N–H and O–H groups in total. The first-order valence-electron chi connectivity index (χ1n) is 6.10. The highest BCUT2D eigenvalue weighted by Crippen LogP contribution is 2.12. The van der Waals surface area contributed by atoms with Gasteiger partial charge in [-0.25, -0.2) is 4.98 Å². The highest BCUT2D eigenvalue weighted by Gasteiger charge is 2.21. The molecule has 92 valence electrons. The molecule has 0 atom stereocenters. The summed E-state index contributed by atoms with van der Waals surface area (Å²) in [4.78, 5) is 24.3. The number of rotatable bonds is 3. The van der Waals surface area contributed by atoms with Crippen LogP contribution in [0.15, 0.2) is 18.6 Å². The molecule has 0 saturated carbocycles. The zero-order chi connectivity index (χ0) is 12.1. The fourth-order valence-corrected chi connectivity index (χ4v) is 2.08. The van der Waals surface area contributed by atoms with E-state index in [0.717, 1.165) is 38.3 Å². The average Bonchev–Trinajstić information content (AvgIpc) is 2.54. The molecule has 17 heavy (non-hydrogen) atoms. The van der Waals surface area contributed by atoms with Gasteiger partial charge in [0.05, 0.1) is 12.7 Å². The van der Waals surface area contributed by atoms with E-state index >= 15 is 0 Å². The second-order valence-corrected chi connectivity index (χ2v) is 4.22. The number of anilines is 1. The number of amides is 1. The molecule has 1 fully saturated rings. The molecule has 1 aromatic heterocycles. The highest BCUT2D eigenvalue weighted by molar-refractivity contribution is 5.81. The summed E-state index contributed by atoms with van der Waals surface area (Å²) in [6, 6.07) is 0. The van der Waals surface area contributed by atoms with Gasteiger partial charge in [-0.3, -0.25) is 9.78 Å². The number of aromatic nitrogens is 2. The lowest BCUT2D eigenvalue weighted by atomic mass is 10.3.